The lowest BCUT2D eigenvalue weighted by Crippen LogP contribution is -2.30. The van der Waals surface area contributed by atoms with Gasteiger partial charge in [-0.25, -0.2) is 0 Å². The summed E-state index contributed by atoms with van der Waals surface area (Å²) in [4.78, 5) is 29.3. The van der Waals surface area contributed by atoms with Crippen LogP contribution in [-0.2, 0) is 6.54 Å². The summed E-state index contributed by atoms with van der Waals surface area (Å²) in [6.45, 7) is 2.20. The molecule has 30 heavy (non-hydrogen) atoms. The molecule has 0 radical (unpaired) electrons. The molecule has 3 aromatic rings. The van der Waals surface area contributed by atoms with E-state index in [2.05, 4.69) is 10.1 Å². The number of hydrogen-bond donors (Lipinski definition) is 0. The molecule has 0 aliphatic carbocycles. The molecule has 1 heterocycles. The molecule has 1 amide bonds. The van der Waals surface area contributed by atoms with Gasteiger partial charge in [0.1, 0.15) is 12.3 Å². The van der Waals surface area contributed by atoms with Gasteiger partial charge in [0, 0.05) is 23.7 Å². The number of rotatable bonds is 8. The summed E-state index contributed by atoms with van der Waals surface area (Å²) in [5.74, 6) is 1.03. The normalized spacial score (nSPS) is 10.5. The smallest absolute Gasteiger partial charge is 0.311 e. The van der Waals surface area contributed by atoms with Gasteiger partial charge in [-0.1, -0.05) is 5.16 Å². The molecule has 0 aliphatic rings. The Balaban J connectivity index is 1.78. The average Bonchev–Trinajstić information content (AvgIpc) is 3.25. The third-order valence-corrected chi connectivity index (χ3v) is 4.43. The first-order chi connectivity index (χ1) is 14.5. The molecule has 0 fully saturated rings. The molecule has 10 nitrogen and oxygen atoms in total. The molecule has 156 valence electrons. The quantitative estimate of drug-likeness (QED) is 0.408. The van der Waals surface area contributed by atoms with E-state index in [-0.39, 0.29) is 29.4 Å². The maximum absolute atomic E-state index is 12.9. The molecule has 0 spiro atoms. The average molecular weight is 412 g/mol. The van der Waals surface area contributed by atoms with Crippen LogP contribution in [0.15, 0.2) is 47.0 Å². The van der Waals surface area contributed by atoms with Crippen LogP contribution in [0.25, 0.3) is 11.4 Å². The first-order valence-electron chi connectivity index (χ1n) is 9.05. The molecule has 3 rings (SSSR count). The third-order valence-electron chi connectivity index (χ3n) is 4.43. The Morgan fingerprint density at radius 1 is 1.17 bits per heavy atom. The summed E-state index contributed by atoms with van der Waals surface area (Å²) in [5.41, 5.74) is 0.629. The van der Waals surface area contributed by atoms with Gasteiger partial charge >= 0.3 is 5.69 Å². The van der Waals surface area contributed by atoms with Crippen molar-refractivity contribution in [1.29, 1.82) is 0 Å². The van der Waals surface area contributed by atoms with E-state index in [0.717, 1.165) is 5.56 Å². The molecular formula is C20H20N4O6. The SMILES string of the molecule is CCN(Cc1nc(-c2ccc(OC)cc2)no1)C(=O)c1ccc(OC)c([N+](=O)[O-])c1. The first-order valence-corrected chi connectivity index (χ1v) is 9.05. The van der Waals surface area contributed by atoms with E-state index in [0.29, 0.717) is 18.1 Å². The second kappa shape index (κ2) is 9.03. The van der Waals surface area contributed by atoms with Crippen LogP contribution in [0, 0.1) is 10.1 Å². The van der Waals surface area contributed by atoms with Gasteiger partial charge in [0.2, 0.25) is 11.7 Å². The summed E-state index contributed by atoms with van der Waals surface area (Å²) in [6, 6.07) is 11.2. The molecule has 0 atom stereocenters. The largest absolute Gasteiger partial charge is 0.497 e. The molecule has 0 aliphatic heterocycles. The number of nitro benzene ring substituents is 1. The fourth-order valence-electron chi connectivity index (χ4n) is 2.82. The van der Waals surface area contributed by atoms with Crippen molar-refractivity contribution in [2.75, 3.05) is 20.8 Å². The highest BCUT2D eigenvalue weighted by Crippen LogP contribution is 2.28. The van der Waals surface area contributed by atoms with Gasteiger partial charge in [-0.05, 0) is 43.3 Å². The topological polar surface area (TPSA) is 121 Å². The van der Waals surface area contributed by atoms with Gasteiger partial charge in [0.05, 0.1) is 19.1 Å². The maximum Gasteiger partial charge on any atom is 0.311 e. The Labute approximate surface area is 172 Å². The fourth-order valence-corrected chi connectivity index (χ4v) is 2.82. The number of benzene rings is 2. The summed E-state index contributed by atoms with van der Waals surface area (Å²) in [5, 5.41) is 15.2. The number of hydrogen-bond acceptors (Lipinski definition) is 8. The van der Waals surface area contributed by atoms with Gasteiger partial charge in [-0.15, -0.1) is 0 Å². The van der Waals surface area contributed by atoms with Gasteiger partial charge < -0.3 is 18.9 Å². The minimum atomic E-state index is -0.592. The van der Waals surface area contributed by atoms with Crippen LogP contribution in [0.2, 0.25) is 0 Å². The van der Waals surface area contributed by atoms with Gasteiger partial charge in [0.15, 0.2) is 5.75 Å². The summed E-state index contributed by atoms with van der Waals surface area (Å²) >= 11 is 0. The second-order valence-corrected chi connectivity index (χ2v) is 6.20. The number of carbonyl (C=O) groups excluding carboxylic acids is 1. The number of nitrogens with zero attached hydrogens (tertiary/aromatic N) is 4. The lowest BCUT2D eigenvalue weighted by molar-refractivity contribution is -0.385. The number of ether oxygens (including phenoxy) is 2. The van der Waals surface area contributed by atoms with E-state index in [1.54, 1.807) is 38.3 Å². The monoisotopic (exact) mass is 412 g/mol. The zero-order valence-corrected chi connectivity index (χ0v) is 16.7. The van der Waals surface area contributed by atoms with Crippen molar-refractivity contribution in [2.45, 2.75) is 13.5 Å². The van der Waals surface area contributed by atoms with Gasteiger partial charge in [-0.3, -0.25) is 14.9 Å². The molecule has 0 unspecified atom stereocenters. The predicted molar refractivity (Wildman–Crippen MR) is 106 cm³/mol. The van der Waals surface area contributed by atoms with Crippen LogP contribution in [0.4, 0.5) is 5.69 Å². The molecule has 0 bridgehead atoms. The molecule has 10 heteroatoms. The fraction of sp³-hybridized carbons (Fsp3) is 0.250. The minimum Gasteiger partial charge on any atom is -0.497 e. The number of aromatic nitrogens is 2. The Kier molecular flexibility index (Phi) is 6.26. The standard InChI is InChI=1S/C20H20N4O6/c1-4-23(20(25)14-7-10-17(29-3)16(11-14)24(26)27)12-18-21-19(22-30-18)13-5-8-15(28-2)9-6-13/h5-11H,4,12H2,1-3H3. The Morgan fingerprint density at radius 2 is 1.90 bits per heavy atom. The van der Waals surface area contributed by atoms with E-state index in [9.17, 15) is 14.9 Å². The number of carbonyl (C=O) groups is 1. The molecule has 2 aromatic carbocycles. The Morgan fingerprint density at radius 3 is 2.50 bits per heavy atom. The number of nitro groups is 1. The van der Waals surface area contributed by atoms with Crippen LogP contribution >= 0.6 is 0 Å². The van der Waals surface area contributed by atoms with Crippen molar-refractivity contribution in [3.8, 4) is 22.9 Å². The molecule has 0 saturated heterocycles. The first kappa shape index (κ1) is 20.8. The van der Waals surface area contributed by atoms with E-state index >= 15 is 0 Å². The van der Waals surface area contributed by atoms with E-state index in [1.807, 2.05) is 0 Å². The van der Waals surface area contributed by atoms with Gasteiger partial charge in [0.25, 0.3) is 5.91 Å². The number of amides is 1. The van der Waals surface area contributed by atoms with Crippen LogP contribution in [0.3, 0.4) is 0 Å². The Hall–Kier alpha value is -3.95. The lowest BCUT2D eigenvalue weighted by atomic mass is 10.1. The van der Waals surface area contributed by atoms with Crippen LogP contribution in [-0.4, -0.2) is 46.6 Å². The van der Waals surface area contributed by atoms with E-state index in [4.69, 9.17) is 14.0 Å². The molecule has 0 N–H and O–H groups in total. The van der Waals surface area contributed by atoms with Crippen LogP contribution in [0.1, 0.15) is 23.2 Å². The lowest BCUT2D eigenvalue weighted by Gasteiger charge is -2.18. The predicted octanol–water partition coefficient (Wildman–Crippen LogP) is 3.32. The maximum atomic E-state index is 12.9. The van der Waals surface area contributed by atoms with E-state index < -0.39 is 10.8 Å². The Bertz CT molecular complexity index is 1050. The molecular weight excluding hydrogens is 392 g/mol. The highest BCUT2D eigenvalue weighted by atomic mass is 16.6. The van der Waals surface area contributed by atoms with Crippen molar-refractivity contribution >= 4 is 11.6 Å². The highest BCUT2D eigenvalue weighted by molar-refractivity contribution is 5.95. The van der Waals surface area contributed by atoms with Crippen LogP contribution < -0.4 is 9.47 Å². The van der Waals surface area contributed by atoms with Crippen molar-refractivity contribution in [1.82, 2.24) is 15.0 Å². The summed E-state index contributed by atoms with van der Waals surface area (Å²) in [7, 11) is 2.91. The zero-order valence-electron chi connectivity index (χ0n) is 16.7. The third kappa shape index (κ3) is 4.37. The summed E-state index contributed by atoms with van der Waals surface area (Å²) in [6.07, 6.45) is 0. The molecule has 1 aromatic heterocycles. The zero-order chi connectivity index (χ0) is 21.7. The van der Waals surface area contributed by atoms with Crippen molar-refractivity contribution in [3.05, 3.63) is 64.0 Å². The minimum absolute atomic E-state index is 0.0678. The van der Waals surface area contributed by atoms with E-state index in [1.165, 1.54) is 30.2 Å². The van der Waals surface area contributed by atoms with Crippen molar-refractivity contribution in [3.63, 3.8) is 0 Å². The number of methoxy groups -OCH3 is 2. The van der Waals surface area contributed by atoms with Crippen molar-refractivity contribution < 1.29 is 23.7 Å². The second-order valence-electron chi connectivity index (χ2n) is 6.20. The highest BCUT2D eigenvalue weighted by Gasteiger charge is 2.22. The van der Waals surface area contributed by atoms with Gasteiger partial charge in [-0.2, -0.15) is 4.98 Å². The molecule has 0 saturated carbocycles. The summed E-state index contributed by atoms with van der Waals surface area (Å²) < 4.78 is 15.4. The van der Waals surface area contributed by atoms with Crippen molar-refractivity contribution in [2.24, 2.45) is 0 Å². The van der Waals surface area contributed by atoms with Crippen LogP contribution in [0.5, 0.6) is 11.5 Å².